The first-order chi connectivity index (χ1) is 5.86. The molecule has 0 atom stereocenters. The molecule has 1 aromatic rings. The number of carbonyl (C=O) groups excluding carboxylic acids is 1. The molecule has 1 N–H and O–H groups in total. The minimum absolute atomic E-state index is 0.00925. The molecule has 0 saturated heterocycles. The number of pyridine rings is 1. The Hall–Kier alpha value is -1.48. The van der Waals surface area contributed by atoms with Gasteiger partial charge in [-0.25, -0.2) is 0 Å². The Labute approximate surface area is 70.4 Å². The van der Waals surface area contributed by atoms with E-state index in [9.17, 15) is 4.79 Å². The minimum atomic E-state index is -0.00925. The molecule has 1 rings (SSSR count). The fraction of sp³-hybridized carbons (Fsp3) is 0.111. The summed E-state index contributed by atoms with van der Waals surface area (Å²) in [6.07, 6.45) is 5.25. The second kappa shape index (κ2) is 4.41. The molecule has 0 saturated carbocycles. The maximum absolute atomic E-state index is 9.95. The maximum Gasteiger partial charge on any atom is 0.142 e. The van der Waals surface area contributed by atoms with Crippen LogP contribution in [0.1, 0.15) is 11.3 Å². The van der Waals surface area contributed by atoms with Crippen molar-refractivity contribution in [1.82, 2.24) is 4.98 Å². The van der Waals surface area contributed by atoms with Crippen molar-refractivity contribution in [3.05, 3.63) is 35.7 Å². The minimum Gasteiger partial charge on any atom is -0.392 e. The highest BCUT2D eigenvalue weighted by atomic mass is 16.3. The number of aromatic nitrogens is 1. The van der Waals surface area contributed by atoms with Gasteiger partial charge in [0.2, 0.25) is 0 Å². The molecule has 62 valence electrons. The third-order valence-corrected chi connectivity index (χ3v) is 1.38. The van der Waals surface area contributed by atoms with Crippen LogP contribution >= 0.6 is 0 Å². The van der Waals surface area contributed by atoms with Crippen molar-refractivity contribution < 1.29 is 9.90 Å². The predicted molar refractivity (Wildman–Crippen MR) is 45.3 cm³/mol. The van der Waals surface area contributed by atoms with E-state index in [1.54, 1.807) is 24.4 Å². The van der Waals surface area contributed by atoms with Crippen molar-refractivity contribution in [2.75, 3.05) is 0 Å². The van der Waals surface area contributed by atoms with E-state index in [-0.39, 0.29) is 6.61 Å². The van der Waals surface area contributed by atoms with Gasteiger partial charge in [-0.15, -0.1) is 0 Å². The zero-order valence-corrected chi connectivity index (χ0v) is 6.47. The molecule has 0 spiro atoms. The average molecular weight is 163 g/mol. The molecule has 0 radical (unpaired) electrons. The first kappa shape index (κ1) is 8.62. The van der Waals surface area contributed by atoms with E-state index in [1.165, 1.54) is 6.08 Å². The first-order valence-electron chi connectivity index (χ1n) is 3.54. The van der Waals surface area contributed by atoms with E-state index in [1.807, 2.05) is 0 Å². The summed E-state index contributed by atoms with van der Waals surface area (Å²) in [6.45, 7) is -0.00925. The van der Waals surface area contributed by atoms with Crippen LogP contribution in [0, 0.1) is 0 Å². The van der Waals surface area contributed by atoms with Crippen LogP contribution in [0.5, 0.6) is 0 Å². The van der Waals surface area contributed by atoms with Gasteiger partial charge < -0.3 is 5.11 Å². The molecule has 0 aromatic carbocycles. The normalized spacial score (nSPS) is 10.4. The van der Waals surface area contributed by atoms with Gasteiger partial charge in [-0.2, -0.15) is 0 Å². The molecule has 0 aliphatic carbocycles. The third kappa shape index (κ3) is 2.29. The van der Waals surface area contributed by atoms with Gasteiger partial charge in [0.05, 0.1) is 12.3 Å². The maximum atomic E-state index is 9.95. The Kier molecular flexibility index (Phi) is 3.17. The van der Waals surface area contributed by atoms with Gasteiger partial charge >= 0.3 is 0 Å². The van der Waals surface area contributed by atoms with Crippen molar-refractivity contribution in [2.24, 2.45) is 0 Å². The SMILES string of the molecule is O=CC=Cc1ccc(CO)cn1. The van der Waals surface area contributed by atoms with E-state index >= 15 is 0 Å². The number of aldehydes is 1. The molecule has 1 aromatic heterocycles. The lowest BCUT2D eigenvalue weighted by Crippen LogP contribution is -1.86. The van der Waals surface area contributed by atoms with Crippen LogP contribution in [0.4, 0.5) is 0 Å². The number of hydrogen-bond donors (Lipinski definition) is 1. The Morgan fingerprint density at radius 3 is 2.83 bits per heavy atom. The Balaban J connectivity index is 2.77. The van der Waals surface area contributed by atoms with Crippen molar-refractivity contribution in [3.8, 4) is 0 Å². The number of carbonyl (C=O) groups is 1. The van der Waals surface area contributed by atoms with Crippen molar-refractivity contribution in [2.45, 2.75) is 6.61 Å². The summed E-state index contributed by atoms with van der Waals surface area (Å²) < 4.78 is 0. The molecular formula is C9H9NO2. The smallest absolute Gasteiger partial charge is 0.142 e. The van der Waals surface area contributed by atoms with E-state index < -0.39 is 0 Å². The number of hydrogen-bond acceptors (Lipinski definition) is 3. The molecule has 0 aliphatic rings. The highest BCUT2D eigenvalue weighted by Gasteiger charge is 1.89. The van der Waals surface area contributed by atoms with Gasteiger partial charge in [-0.3, -0.25) is 9.78 Å². The summed E-state index contributed by atoms with van der Waals surface area (Å²) in [5.74, 6) is 0. The van der Waals surface area contributed by atoms with Crippen molar-refractivity contribution >= 4 is 12.4 Å². The van der Waals surface area contributed by atoms with Gasteiger partial charge in [0.15, 0.2) is 0 Å². The van der Waals surface area contributed by atoms with Crippen molar-refractivity contribution in [3.63, 3.8) is 0 Å². The fourth-order valence-corrected chi connectivity index (χ4v) is 0.766. The molecule has 1 heterocycles. The van der Waals surface area contributed by atoms with Crippen molar-refractivity contribution in [1.29, 1.82) is 0 Å². The summed E-state index contributed by atoms with van der Waals surface area (Å²) in [5, 5.41) is 8.69. The van der Waals surface area contributed by atoms with E-state index in [2.05, 4.69) is 4.98 Å². The van der Waals surface area contributed by atoms with Crippen LogP contribution < -0.4 is 0 Å². The number of aliphatic hydroxyl groups is 1. The van der Waals surface area contributed by atoms with Crippen LogP contribution in [0.2, 0.25) is 0 Å². The molecule has 12 heavy (non-hydrogen) atoms. The molecule has 0 aliphatic heterocycles. The van der Waals surface area contributed by atoms with Crippen LogP contribution in [0.25, 0.3) is 6.08 Å². The average Bonchev–Trinajstić information content (AvgIpc) is 2.15. The van der Waals surface area contributed by atoms with E-state index in [0.29, 0.717) is 12.0 Å². The third-order valence-electron chi connectivity index (χ3n) is 1.38. The standard InChI is InChI=1S/C9H9NO2/c11-5-1-2-9-4-3-8(7-12)6-10-9/h1-6,12H,7H2. The van der Waals surface area contributed by atoms with Crippen LogP contribution in [-0.2, 0) is 11.4 Å². The highest BCUT2D eigenvalue weighted by molar-refractivity contribution is 5.72. The highest BCUT2D eigenvalue weighted by Crippen LogP contribution is 2.01. The monoisotopic (exact) mass is 163 g/mol. The van der Waals surface area contributed by atoms with Gasteiger partial charge in [0.25, 0.3) is 0 Å². The van der Waals surface area contributed by atoms with Gasteiger partial charge in [0.1, 0.15) is 6.29 Å². The summed E-state index contributed by atoms with van der Waals surface area (Å²) in [7, 11) is 0. The second-order valence-corrected chi connectivity index (χ2v) is 2.24. The van der Waals surface area contributed by atoms with E-state index in [4.69, 9.17) is 5.11 Å². The molecule has 3 nitrogen and oxygen atoms in total. The summed E-state index contributed by atoms with van der Waals surface area (Å²) in [5.41, 5.74) is 1.47. The van der Waals surface area contributed by atoms with Gasteiger partial charge in [0, 0.05) is 6.20 Å². The van der Waals surface area contributed by atoms with Gasteiger partial charge in [-0.05, 0) is 23.8 Å². The topological polar surface area (TPSA) is 50.2 Å². The molecule has 0 unspecified atom stereocenters. The number of allylic oxidation sites excluding steroid dienone is 1. The molecule has 0 fully saturated rings. The molecule has 0 bridgehead atoms. The number of nitrogens with zero attached hydrogens (tertiary/aromatic N) is 1. The number of rotatable bonds is 3. The van der Waals surface area contributed by atoms with Crippen LogP contribution in [-0.4, -0.2) is 16.4 Å². The Morgan fingerprint density at radius 1 is 1.50 bits per heavy atom. The summed E-state index contributed by atoms with van der Waals surface area (Å²) in [4.78, 5) is 13.9. The molecule has 3 heteroatoms. The molecule has 0 amide bonds. The largest absolute Gasteiger partial charge is 0.392 e. The quantitative estimate of drug-likeness (QED) is 0.529. The molecular weight excluding hydrogens is 154 g/mol. The van der Waals surface area contributed by atoms with Gasteiger partial charge in [-0.1, -0.05) is 6.07 Å². The lowest BCUT2D eigenvalue weighted by atomic mass is 10.2. The Bertz CT molecular complexity index is 277. The van der Waals surface area contributed by atoms with Crippen LogP contribution in [0.15, 0.2) is 24.4 Å². The van der Waals surface area contributed by atoms with E-state index in [0.717, 1.165) is 5.56 Å². The summed E-state index contributed by atoms with van der Waals surface area (Å²) >= 11 is 0. The lowest BCUT2D eigenvalue weighted by molar-refractivity contribution is -0.104. The summed E-state index contributed by atoms with van der Waals surface area (Å²) in [6, 6.07) is 3.50. The fourth-order valence-electron chi connectivity index (χ4n) is 0.766. The second-order valence-electron chi connectivity index (χ2n) is 2.24. The predicted octanol–water partition coefficient (Wildman–Crippen LogP) is 0.786. The lowest BCUT2D eigenvalue weighted by Gasteiger charge is -1.94. The number of aliphatic hydroxyl groups excluding tert-OH is 1. The zero-order valence-electron chi connectivity index (χ0n) is 6.47. The first-order valence-corrected chi connectivity index (χ1v) is 3.54. The zero-order chi connectivity index (χ0) is 8.81. The van der Waals surface area contributed by atoms with Crippen LogP contribution in [0.3, 0.4) is 0 Å². The Morgan fingerprint density at radius 2 is 2.33 bits per heavy atom.